The largest absolute Gasteiger partial charge is 0.468 e. The molecule has 1 aromatic carbocycles. The molecule has 124 valence electrons. The van der Waals surface area contributed by atoms with E-state index in [2.05, 4.69) is 18.3 Å². The highest BCUT2D eigenvalue weighted by molar-refractivity contribution is 5.80. The van der Waals surface area contributed by atoms with Crippen molar-refractivity contribution in [3.05, 3.63) is 35.4 Å². The number of methoxy groups -OCH3 is 1. The lowest BCUT2D eigenvalue weighted by Crippen LogP contribution is -2.55. The van der Waals surface area contributed by atoms with E-state index in [1.165, 1.54) is 7.11 Å². The van der Waals surface area contributed by atoms with Gasteiger partial charge in [0.2, 0.25) is 0 Å². The second-order valence-corrected chi connectivity index (χ2v) is 6.39. The van der Waals surface area contributed by atoms with Crippen LogP contribution in [-0.4, -0.2) is 30.3 Å². The van der Waals surface area contributed by atoms with E-state index in [9.17, 15) is 9.90 Å². The van der Waals surface area contributed by atoms with Crippen LogP contribution in [0.15, 0.2) is 24.3 Å². The van der Waals surface area contributed by atoms with Gasteiger partial charge < -0.3 is 9.84 Å². The molecule has 0 radical (unpaired) electrons. The number of aliphatic hydroxyl groups excluding tert-OH is 1. The average Bonchev–Trinajstić information content (AvgIpc) is 2.60. The lowest BCUT2D eigenvalue weighted by Gasteiger charge is -2.38. The fourth-order valence-electron chi connectivity index (χ4n) is 3.09. The van der Waals surface area contributed by atoms with E-state index in [0.717, 1.165) is 31.2 Å². The van der Waals surface area contributed by atoms with E-state index in [1.54, 1.807) is 24.3 Å². The van der Waals surface area contributed by atoms with Crippen molar-refractivity contribution in [3.63, 3.8) is 0 Å². The summed E-state index contributed by atoms with van der Waals surface area (Å²) in [6.45, 7) is 2.46. The molecular weight excluding hydrogens is 292 g/mol. The predicted octanol–water partition coefficient (Wildman–Crippen LogP) is 2.30. The highest BCUT2D eigenvalue weighted by Crippen LogP contribution is 2.33. The predicted molar refractivity (Wildman–Crippen MR) is 86.5 cm³/mol. The number of benzene rings is 1. The second-order valence-electron chi connectivity index (χ2n) is 6.39. The van der Waals surface area contributed by atoms with Crippen molar-refractivity contribution in [2.24, 2.45) is 5.92 Å². The minimum atomic E-state index is -0.733. The Morgan fingerprint density at radius 3 is 2.57 bits per heavy atom. The molecule has 1 aromatic rings. The molecule has 0 aromatic heterocycles. The fourth-order valence-corrected chi connectivity index (χ4v) is 3.09. The van der Waals surface area contributed by atoms with Crippen LogP contribution >= 0.6 is 0 Å². The molecule has 5 nitrogen and oxygen atoms in total. The van der Waals surface area contributed by atoms with Gasteiger partial charge in [0.05, 0.1) is 24.8 Å². The van der Waals surface area contributed by atoms with E-state index >= 15 is 0 Å². The molecular formula is C18H24N2O3. The van der Waals surface area contributed by atoms with Gasteiger partial charge in [0, 0.05) is 6.54 Å². The lowest BCUT2D eigenvalue weighted by atomic mass is 9.77. The maximum absolute atomic E-state index is 12.2. The Kier molecular flexibility index (Phi) is 5.75. The number of nitrogens with one attached hydrogen (secondary N) is 1. The van der Waals surface area contributed by atoms with Gasteiger partial charge in [0.1, 0.15) is 5.54 Å². The first-order valence-electron chi connectivity index (χ1n) is 8.02. The summed E-state index contributed by atoms with van der Waals surface area (Å²) in [6.07, 6.45) is 2.65. The molecule has 1 atom stereocenters. The third kappa shape index (κ3) is 4.10. The number of esters is 1. The van der Waals surface area contributed by atoms with Crippen LogP contribution in [-0.2, 0) is 9.53 Å². The Morgan fingerprint density at radius 2 is 2.04 bits per heavy atom. The lowest BCUT2D eigenvalue weighted by molar-refractivity contribution is -0.150. The number of hydrogen-bond donors (Lipinski definition) is 2. The van der Waals surface area contributed by atoms with E-state index in [-0.39, 0.29) is 12.5 Å². The summed E-state index contributed by atoms with van der Waals surface area (Å²) in [7, 11) is 1.40. The quantitative estimate of drug-likeness (QED) is 0.815. The number of aliphatic hydroxyl groups is 1. The van der Waals surface area contributed by atoms with Crippen LogP contribution in [0.4, 0.5) is 0 Å². The van der Waals surface area contributed by atoms with Gasteiger partial charge in [-0.15, -0.1) is 0 Å². The Morgan fingerprint density at radius 1 is 1.43 bits per heavy atom. The summed E-state index contributed by atoms with van der Waals surface area (Å²) in [5, 5.41) is 22.4. The molecule has 1 fully saturated rings. The van der Waals surface area contributed by atoms with Crippen LogP contribution in [0.2, 0.25) is 0 Å². The highest BCUT2D eigenvalue weighted by Gasteiger charge is 2.42. The molecule has 1 saturated carbocycles. The topological polar surface area (TPSA) is 82.3 Å². The number of ether oxygens (including phenoxy) is 1. The van der Waals surface area contributed by atoms with Crippen molar-refractivity contribution < 1.29 is 14.6 Å². The maximum atomic E-state index is 12.2. The molecule has 23 heavy (non-hydrogen) atoms. The zero-order valence-corrected chi connectivity index (χ0v) is 13.7. The Bertz CT molecular complexity index is 569. The number of β-amino-alcohol motifs (C(OH)–C–C–N with tert-alkyl or cyclic N) is 1. The molecule has 0 heterocycles. The fraction of sp³-hybridized carbons (Fsp3) is 0.556. The molecule has 0 aliphatic heterocycles. The van der Waals surface area contributed by atoms with Gasteiger partial charge in [-0.25, -0.2) is 0 Å². The first-order valence-corrected chi connectivity index (χ1v) is 8.02. The van der Waals surface area contributed by atoms with Crippen LogP contribution in [0.3, 0.4) is 0 Å². The van der Waals surface area contributed by atoms with Gasteiger partial charge in [-0.1, -0.05) is 19.1 Å². The van der Waals surface area contributed by atoms with Gasteiger partial charge in [-0.05, 0) is 49.3 Å². The third-order valence-electron chi connectivity index (χ3n) is 4.76. The van der Waals surface area contributed by atoms with E-state index in [1.807, 2.05) is 0 Å². The SMILES string of the molecule is COC(=O)C1(NCC(O)c2ccc(C#N)cc2)CCC(C)CC1. The second kappa shape index (κ2) is 7.58. The molecule has 2 N–H and O–H groups in total. The number of hydrogen-bond acceptors (Lipinski definition) is 5. The molecule has 1 aliphatic carbocycles. The van der Waals surface area contributed by atoms with Gasteiger partial charge in [-0.2, -0.15) is 5.26 Å². The first-order chi connectivity index (χ1) is 11.0. The minimum absolute atomic E-state index is 0.253. The molecule has 5 heteroatoms. The molecule has 2 rings (SSSR count). The monoisotopic (exact) mass is 316 g/mol. The number of nitriles is 1. The van der Waals surface area contributed by atoms with Crippen molar-refractivity contribution in [3.8, 4) is 6.07 Å². The van der Waals surface area contributed by atoms with Crippen molar-refractivity contribution in [2.45, 2.75) is 44.2 Å². The first kappa shape index (κ1) is 17.5. The standard InChI is InChI=1S/C18H24N2O3/c1-13-7-9-18(10-8-13,17(22)23-2)20-12-16(21)15-5-3-14(11-19)4-6-15/h3-6,13,16,20-21H,7-10,12H2,1-2H3. The van der Waals surface area contributed by atoms with Gasteiger partial charge >= 0.3 is 5.97 Å². The zero-order chi connectivity index (χ0) is 16.9. The van der Waals surface area contributed by atoms with Crippen LogP contribution in [0.25, 0.3) is 0 Å². The smallest absolute Gasteiger partial charge is 0.326 e. The van der Waals surface area contributed by atoms with Gasteiger partial charge in [-0.3, -0.25) is 10.1 Å². The molecule has 0 saturated heterocycles. The molecule has 1 unspecified atom stereocenters. The molecule has 0 bridgehead atoms. The highest BCUT2D eigenvalue weighted by atomic mass is 16.5. The summed E-state index contributed by atoms with van der Waals surface area (Å²) in [5.41, 5.74) is 0.580. The van der Waals surface area contributed by atoms with Crippen LogP contribution in [0, 0.1) is 17.2 Å². The third-order valence-corrected chi connectivity index (χ3v) is 4.76. The summed E-state index contributed by atoms with van der Waals surface area (Å²) >= 11 is 0. The van der Waals surface area contributed by atoms with Crippen LogP contribution in [0.1, 0.15) is 49.8 Å². The number of nitrogens with zero attached hydrogens (tertiary/aromatic N) is 1. The Balaban J connectivity index is 2.02. The molecule has 0 amide bonds. The maximum Gasteiger partial charge on any atom is 0.326 e. The minimum Gasteiger partial charge on any atom is -0.468 e. The number of rotatable bonds is 5. The zero-order valence-electron chi connectivity index (χ0n) is 13.7. The van der Waals surface area contributed by atoms with E-state index in [0.29, 0.717) is 11.5 Å². The summed E-state index contributed by atoms with van der Waals surface area (Å²) in [6, 6.07) is 8.88. The molecule has 0 spiro atoms. The van der Waals surface area contributed by atoms with Crippen molar-refractivity contribution in [1.82, 2.24) is 5.32 Å². The van der Waals surface area contributed by atoms with E-state index < -0.39 is 11.6 Å². The Hall–Kier alpha value is -1.90. The summed E-state index contributed by atoms with van der Waals surface area (Å²) in [4.78, 5) is 12.2. The van der Waals surface area contributed by atoms with Gasteiger partial charge in [0.25, 0.3) is 0 Å². The van der Waals surface area contributed by atoms with E-state index in [4.69, 9.17) is 10.00 Å². The van der Waals surface area contributed by atoms with Crippen molar-refractivity contribution >= 4 is 5.97 Å². The Labute approximate surface area is 137 Å². The number of carbonyl (C=O) groups excluding carboxylic acids is 1. The summed E-state index contributed by atoms with van der Waals surface area (Å²) < 4.78 is 4.98. The average molecular weight is 316 g/mol. The van der Waals surface area contributed by atoms with Gasteiger partial charge in [0.15, 0.2) is 0 Å². The van der Waals surface area contributed by atoms with Crippen molar-refractivity contribution in [1.29, 1.82) is 5.26 Å². The summed E-state index contributed by atoms with van der Waals surface area (Å²) in [5.74, 6) is 0.356. The number of carbonyl (C=O) groups is 1. The normalized spacial score (nSPS) is 25.4. The van der Waals surface area contributed by atoms with Crippen LogP contribution < -0.4 is 5.32 Å². The molecule has 1 aliphatic rings. The van der Waals surface area contributed by atoms with Crippen molar-refractivity contribution in [2.75, 3.05) is 13.7 Å². The van der Waals surface area contributed by atoms with Crippen LogP contribution in [0.5, 0.6) is 0 Å².